The van der Waals surface area contributed by atoms with Crippen LogP contribution in [0.3, 0.4) is 0 Å². The number of morpholine rings is 1. The van der Waals surface area contributed by atoms with Crippen LogP contribution in [0.2, 0.25) is 0 Å². The third-order valence-electron chi connectivity index (χ3n) is 2.91. The van der Waals surface area contributed by atoms with Gasteiger partial charge in [-0.3, -0.25) is 4.79 Å². The van der Waals surface area contributed by atoms with Crippen LogP contribution in [-0.2, 0) is 10.2 Å². The monoisotopic (exact) mass is 284 g/mol. The maximum Gasteiger partial charge on any atom is 0.265 e. The third kappa shape index (κ3) is 3.71. The highest BCUT2D eigenvalue weighted by Crippen LogP contribution is 2.25. The second-order valence-electron chi connectivity index (χ2n) is 5.64. The smallest absolute Gasteiger partial charge is 0.265 e. The lowest BCUT2D eigenvalue weighted by Crippen LogP contribution is -2.48. The topological polar surface area (TPSA) is 76.1 Å². The van der Waals surface area contributed by atoms with Crippen molar-refractivity contribution in [1.82, 2.24) is 20.2 Å². The molecule has 0 saturated carbocycles. The number of carbonyl (C=O) groups is 1. The van der Waals surface area contributed by atoms with Crippen LogP contribution in [-0.4, -0.2) is 47.8 Å². The van der Waals surface area contributed by atoms with Crippen LogP contribution in [0.5, 0.6) is 0 Å². The fourth-order valence-corrected chi connectivity index (χ4v) is 2.67. The molecule has 1 aliphatic rings. The molecule has 106 valence electrons. The van der Waals surface area contributed by atoms with Crippen molar-refractivity contribution in [2.75, 3.05) is 26.3 Å². The number of nitrogens with one attached hydrogen (secondary N) is 2. The third-order valence-corrected chi connectivity index (χ3v) is 3.64. The Hall–Kier alpha value is -1.05. The van der Waals surface area contributed by atoms with Crippen LogP contribution in [0.4, 0.5) is 0 Å². The molecule has 2 heterocycles. The first-order valence-corrected chi connectivity index (χ1v) is 7.18. The van der Waals surface area contributed by atoms with E-state index in [1.807, 2.05) is 20.8 Å². The van der Waals surface area contributed by atoms with Crippen LogP contribution < -0.4 is 10.6 Å². The molecular weight excluding hydrogens is 264 g/mol. The maximum atomic E-state index is 12.2. The van der Waals surface area contributed by atoms with Crippen molar-refractivity contribution >= 4 is 17.4 Å². The van der Waals surface area contributed by atoms with Gasteiger partial charge in [0.05, 0.1) is 18.9 Å². The number of aromatic nitrogens is 2. The molecule has 0 aromatic carbocycles. The highest BCUT2D eigenvalue weighted by Gasteiger charge is 2.26. The zero-order valence-electron chi connectivity index (χ0n) is 11.5. The molecule has 1 saturated heterocycles. The number of amides is 1. The highest BCUT2D eigenvalue weighted by molar-refractivity contribution is 7.08. The summed E-state index contributed by atoms with van der Waals surface area (Å²) in [6, 6.07) is 0.177. The predicted molar refractivity (Wildman–Crippen MR) is 73.6 cm³/mol. The summed E-state index contributed by atoms with van der Waals surface area (Å²) in [5.74, 6) is -0.104. The lowest BCUT2D eigenvalue weighted by molar-refractivity contribution is 0.0735. The molecule has 0 aliphatic carbocycles. The van der Waals surface area contributed by atoms with Crippen LogP contribution in [0.25, 0.3) is 0 Å². The summed E-state index contributed by atoms with van der Waals surface area (Å²) in [7, 11) is 0. The number of hydrogen-bond acceptors (Lipinski definition) is 6. The molecule has 19 heavy (non-hydrogen) atoms. The minimum absolute atomic E-state index is 0.104. The summed E-state index contributed by atoms with van der Waals surface area (Å²) < 4.78 is 9.24. The average Bonchev–Trinajstić information content (AvgIpc) is 2.86. The minimum atomic E-state index is -0.175. The number of nitrogens with zero attached hydrogens (tertiary/aromatic N) is 2. The number of ether oxygens (including phenoxy) is 1. The Balaban J connectivity index is 1.94. The molecule has 1 aliphatic heterocycles. The molecule has 0 radical (unpaired) electrons. The Kier molecular flexibility index (Phi) is 4.49. The number of hydrogen-bond donors (Lipinski definition) is 2. The summed E-state index contributed by atoms with van der Waals surface area (Å²) in [6.45, 7) is 8.83. The molecule has 1 atom stereocenters. The van der Waals surface area contributed by atoms with Gasteiger partial charge in [0.2, 0.25) is 0 Å². The van der Waals surface area contributed by atoms with Gasteiger partial charge in [-0.05, 0) is 11.5 Å². The van der Waals surface area contributed by atoms with E-state index in [0.29, 0.717) is 18.0 Å². The second-order valence-corrected chi connectivity index (χ2v) is 6.39. The zero-order valence-corrected chi connectivity index (χ0v) is 12.3. The normalized spacial score (nSPS) is 20.3. The lowest BCUT2D eigenvalue weighted by atomic mass is 9.91. The summed E-state index contributed by atoms with van der Waals surface area (Å²) in [5, 5.41) is 10.3. The van der Waals surface area contributed by atoms with Gasteiger partial charge in [-0.1, -0.05) is 25.3 Å². The number of rotatable bonds is 3. The van der Waals surface area contributed by atoms with Crippen molar-refractivity contribution < 1.29 is 9.53 Å². The Morgan fingerprint density at radius 1 is 1.58 bits per heavy atom. The van der Waals surface area contributed by atoms with E-state index in [2.05, 4.69) is 20.2 Å². The first kappa shape index (κ1) is 14.4. The molecule has 2 N–H and O–H groups in total. The van der Waals surface area contributed by atoms with E-state index in [1.165, 1.54) is 0 Å². The van der Waals surface area contributed by atoms with Gasteiger partial charge < -0.3 is 15.4 Å². The molecule has 2 rings (SSSR count). The van der Waals surface area contributed by atoms with Crippen LogP contribution in [0, 0.1) is 0 Å². The van der Waals surface area contributed by atoms with Gasteiger partial charge in [-0.2, -0.15) is 0 Å². The van der Waals surface area contributed by atoms with E-state index in [4.69, 9.17) is 4.74 Å². The Morgan fingerprint density at radius 3 is 3.00 bits per heavy atom. The molecular formula is C12H20N4O2S. The van der Waals surface area contributed by atoms with Crippen molar-refractivity contribution in [1.29, 1.82) is 0 Å². The summed E-state index contributed by atoms with van der Waals surface area (Å²) >= 11 is 1.15. The van der Waals surface area contributed by atoms with Gasteiger partial charge in [0.1, 0.15) is 4.88 Å². The highest BCUT2D eigenvalue weighted by atomic mass is 32.1. The first-order valence-electron chi connectivity index (χ1n) is 6.40. The Labute approximate surface area is 117 Å². The standard InChI is InChI=1S/C12H20N4O2S/c1-12(2,3)10-9(19-16-15-10)11(17)14-6-8-7-18-5-4-13-8/h8,13H,4-7H2,1-3H3,(H,14,17). The maximum absolute atomic E-state index is 12.2. The van der Waals surface area contributed by atoms with E-state index in [9.17, 15) is 4.79 Å². The van der Waals surface area contributed by atoms with Gasteiger partial charge in [0, 0.05) is 24.5 Å². The van der Waals surface area contributed by atoms with Crippen molar-refractivity contribution in [3.05, 3.63) is 10.6 Å². The van der Waals surface area contributed by atoms with Crippen LogP contribution >= 0.6 is 11.5 Å². The largest absolute Gasteiger partial charge is 0.378 e. The van der Waals surface area contributed by atoms with E-state index >= 15 is 0 Å². The fourth-order valence-electron chi connectivity index (χ4n) is 1.88. The molecule has 1 aromatic heterocycles. The van der Waals surface area contributed by atoms with Gasteiger partial charge in [0.25, 0.3) is 5.91 Å². The molecule has 7 heteroatoms. The van der Waals surface area contributed by atoms with Crippen molar-refractivity contribution in [2.24, 2.45) is 0 Å². The van der Waals surface area contributed by atoms with Crippen LogP contribution in [0.1, 0.15) is 36.1 Å². The molecule has 1 fully saturated rings. The molecule has 0 bridgehead atoms. The van der Waals surface area contributed by atoms with E-state index in [0.717, 1.165) is 30.4 Å². The van der Waals surface area contributed by atoms with Gasteiger partial charge in [-0.15, -0.1) is 5.10 Å². The molecule has 6 nitrogen and oxygen atoms in total. The second kappa shape index (κ2) is 5.94. The van der Waals surface area contributed by atoms with E-state index < -0.39 is 0 Å². The summed E-state index contributed by atoms with van der Waals surface area (Å²) in [6.07, 6.45) is 0. The Morgan fingerprint density at radius 2 is 2.37 bits per heavy atom. The average molecular weight is 284 g/mol. The van der Waals surface area contributed by atoms with E-state index in [1.54, 1.807) is 0 Å². The van der Waals surface area contributed by atoms with Crippen molar-refractivity contribution in [3.63, 3.8) is 0 Å². The summed E-state index contributed by atoms with van der Waals surface area (Å²) in [5.41, 5.74) is 0.578. The van der Waals surface area contributed by atoms with Gasteiger partial charge in [-0.25, -0.2) is 0 Å². The van der Waals surface area contributed by atoms with Crippen molar-refractivity contribution in [3.8, 4) is 0 Å². The predicted octanol–water partition coefficient (Wildman–Crippen LogP) is 0.554. The quantitative estimate of drug-likeness (QED) is 0.848. The van der Waals surface area contributed by atoms with Gasteiger partial charge in [0.15, 0.2) is 0 Å². The zero-order chi connectivity index (χ0) is 13.9. The van der Waals surface area contributed by atoms with E-state index in [-0.39, 0.29) is 17.4 Å². The number of carbonyl (C=O) groups excluding carboxylic acids is 1. The SMILES string of the molecule is CC(C)(C)c1nnsc1C(=O)NCC1COCCN1. The fraction of sp³-hybridized carbons (Fsp3) is 0.750. The lowest BCUT2D eigenvalue weighted by Gasteiger charge is -2.24. The first-order chi connectivity index (χ1) is 8.98. The Bertz CT molecular complexity index is 435. The molecule has 1 amide bonds. The van der Waals surface area contributed by atoms with Crippen LogP contribution in [0.15, 0.2) is 0 Å². The van der Waals surface area contributed by atoms with Crippen molar-refractivity contribution in [2.45, 2.75) is 32.2 Å². The molecule has 1 unspecified atom stereocenters. The summed E-state index contributed by atoms with van der Waals surface area (Å²) in [4.78, 5) is 12.8. The minimum Gasteiger partial charge on any atom is -0.378 e. The van der Waals surface area contributed by atoms with Gasteiger partial charge >= 0.3 is 0 Å². The molecule has 1 aromatic rings. The molecule has 0 spiro atoms.